The Morgan fingerprint density at radius 2 is 1.61 bits per heavy atom. The van der Waals surface area contributed by atoms with Crippen molar-refractivity contribution in [3.8, 4) is 0 Å². The van der Waals surface area contributed by atoms with Gasteiger partial charge >= 0.3 is 12.1 Å². The largest absolute Gasteiger partial charge is 0.458 e. The Hall–Kier alpha value is -4.14. The van der Waals surface area contributed by atoms with Crippen LogP contribution in [-0.4, -0.2) is 217 Å². The number of esters is 1. The Labute approximate surface area is 471 Å². The molecule has 7 rings (SSSR count). The van der Waals surface area contributed by atoms with Gasteiger partial charge in [-0.25, -0.2) is 13.9 Å². The van der Waals surface area contributed by atoms with E-state index in [1.54, 1.807) is 55.2 Å². The lowest BCUT2D eigenvalue weighted by molar-refractivity contribution is -0.319. The molecule has 5 aliphatic heterocycles. The zero-order valence-electron chi connectivity index (χ0n) is 49.7. The van der Waals surface area contributed by atoms with Gasteiger partial charge < -0.3 is 77.5 Å². The van der Waals surface area contributed by atoms with Gasteiger partial charge in [0.1, 0.15) is 37.1 Å². The number of likely N-dealkylation sites (N-methyl/N-ethyl adjacent to an activating group) is 2. The van der Waals surface area contributed by atoms with Gasteiger partial charge in [-0.1, -0.05) is 50.2 Å². The number of aliphatic hydroxyl groups excluding tert-OH is 2. The number of cyclic esters (lactones) is 1. The molecule has 6 heterocycles. The number of nitrogens with zero attached hydrogens (tertiary/aromatic N) is 7. The summed E-state index contributed by atoms with van der Waals surface area (Å²) in [5.41, 5.74) is -0.906. The highest BCUT2D eigenvalue weighted by molar-refractivity contribution is 5.90. The zero-order chi connectivity index (χ0) is 58.6. The number of hydrogen-bond acceptors (Lipinski definition) is 20. The average molecular weight is 1130 g/mol. The van der Waals surface area contributed by atoms with Gasteiger partial charge in [0.05, 0.1) is 72.2 Å². The van der Waals surface area contributed by atoms with Crippen molar-refractivity contribution in [3.63, 3.8) is 0 Å². The smallest absolute Gasteiger partial charge is 0.410 e. The number of fused-ring (bicyclic) bond motifs is 1. The molecular formula is C57H92FN7O15. The highest BCUT2D eigenvalue weighted by Gasteiger charge is 2.60. The molecule has 0 aliphatic carbocycles. The lowest BCUT2D eigenvalue weighted by Crippen LogP contribution is -2.62. The SMILES string of the molecule is CC[C@H]1OC(=O)[C@H](C)C(O[C@H]2C[C@@](C)(OC)[C@@H](O)[C@H](C)O2)[C@H](C)C(O[C@@H]2O[C@H](C)C[C@H](N(C)CCc3cn([C@H](CF)[C@H](OC)c4ccc(N5CCOCC5)cc4)nn3)[C@H]2O)[C@](C)(OC)C[C@@H](C)/C(=N\O)[C@H](C)[C@H]2N(C)C(=O)O[C@]12C. The fraction of sp³-hybridized carbons (Fsp3) is 0.807. The minimum atomic E-state index is -1.37. The number of aromatic nitrogens is 3. The predicted molar refractivity (Wildman–Crippen MR) is 292 cm³/mol. The number of amides is 1. The van der Waals surface area contributed by atoms with E-state index in [0.29, 0.717) is 44.0 Å². The minimum absolute atomic E-state index is 0.0960. The van der Waals surface area contributed by atoms with Gasteiger partial charge in [-0.05, 0) is 85.5 Å². The number of rotatable bonds is 17. The van der Waals surface area contributed by atoms with Gasteiger partial charge in [-0.15, -0.1) is 5.10 Å². The molecule has 0 saturated carbocycles. The third-order valence-corrected chi connectivity index (χ3v) is 18.3. The third-order valence-electron chi connectivity index (χ3n) is 18.3. The molecule has 3 N–H and O–H groups in total. The molecule has 1 aromatic carbocycles. The van der Waals surface area contributed by atoms with E-state index >= 15 is 0 Å². The van der Waals surface area contributed by atoms with Gasteiger partial charge in [0.25, 0.3) is 0 Å². The van der Waals surface area contributed by atoms with E-state index in [9.17, 15) is 29.4 Å². The summed E-state index contributed by atoms with van der Waals surface area (Å²) in [5.74, 6) is -3.61. The number of morpholine rings is 1. The highest BCUT2D eigenvalue weighted by atomic mass is 19.1. The molecule has 2 aromatic rings. The van der Waals surface area contributed by atoms with Crippen molar-refractivity contribution in [1.29, 1.82) is 0 Å². The van der Waals surface area contributed by atoms with Crippen LogP contribution in [0.1, 0.15) is 118 Å². The number of aliphatic hydroxyl groups is 2. The number of carbonyl (C=O) groups is 2. The number of alkyl halides is 1. The number of halogens is 1. The van der Waals surface area contributed by atoms with Crippen molar-refractivity contribution in [2.75, 3.05) is 79.8 Å². The van der Waals surface area contributed by atoms with Crippen molar-refractivity contribution in [3.05, 3.63) is 41.7 Å². The van der Waals surface area contributed by atoms with Crippen LogP contribution in [0, 0.1) is 23.7 Å². The lowest BCUT2D eigenvalue weighted by atomic mass is 9.72. The quantitative estimate of drug-likeness (QED) is 0.0972. The van der Waals surface area contributed by atoms with Crippen LogP contribution >= 0.6 is 0 Å². The predicted octanol–water partition coefficient (Wildman–Crippen LogP) is 5.74. The molecule has 80 heavy (non-hydrogen) atoms. The van der Waals surface area contributed by atoms with Crippen LogP contribution in [0.4, 0.5) is 14.9 Å². The van der Waals surface area contributed by atoms with Gasteiger partial charge in [0.2, 0.25) is 0 Å². The van der Waals surface area contributed by atoms with Crippen molar-refractivity contribution in [1.82, 2.24) is 24.8 Å². The summed E-state index contributed by atoms with van der Waals surface area (Å²) >= 11 is 0. The number of anilines is 1. The van der Waals surface area contributed by atoms with Crippen LogP contribution in [0.15, 0.2) is 35.6 Å². The van der Waals surface area contributed by atoms with Gasteiger partial charge in [0, 0.05) is 96.5 Å². The van der Waals surface area contributed by atoms with E-state index in [1.165, 1.54) is 16.7 Å². The topological polar surface area (TPSA) is 240 Å². The first-order valence-electron chi connectivity index (χ1n) is 28.5. The van der Waals surface area contributed by atoms with Gasteiger partial charge in [-0.3, -0.25) is 4.79 Å². The number of oxime groups is 1. The second-order valence-corrected chi connectivity index (χ2v) is 23.7. The van der Waals surface area contributed by atoms with E-state index < -0.39 is 139 Å². The van der Waals surface area contributed by atoms with Crippen LogP contribution in [0.2, 0.25) is 0 Å². The molecule has 5 saturated heterocycles. The minimum Gasteiger partial charge on any atom is -0.458 e. The van der Waals surface area contributed by atoms with Crippen LogP contribution in [0.3, 0.4) is 0 Å². The summed E-state index contributed by atoms with van der Waals surface area (Å²) in [6, 6.07) is 5.95. The lowest BCUT2D eigenvalue weighted by Gasteiger charge is -2.50. The maximum Gasteiger partial charge on any atom is 0.410 e. The molecule has 22 nitrogen and oxygen atoms in total. The van der Waals surface area contributed by atoms with Gasteiger partial charge in [0.15, 0.2) is 18.2 Å². The molecule has 20 atom stereocenters. The maximum absolute atomic E-state index is 15.0. The van der Waals surface area contributed by atoms with E-state index in [0.717, 1.165) is 24.3 Å². The number of ether oxygens (including phenoxy) is 10. The summed E-state index contributed by atoms with van der Waals surface area (Å²) in [6.45, 7) is 20.8. The molecule has 5 fully saturated rings. The standard InChI is InChI=1S/C57H92FN7O15/c1-16-43-57(10)49(63(12)54(69)80-57)34(4)45(60-70)32(2)28-56(9,73-15)51(35(5)47(36(6)52(68)77-43)78-44-29-55(8,72-14)50(67)37(7)76-44)79-53-46(66)41(27-33(3)75-53)62(11)22-21-39-31-65(61-59-39)42(30-58)48(71-13)38-17-19-40(20-18-38)64-23-25-74-26-24-64/h17-20,31-37,41-44,46-51,53,66-67,70H,16,21-30H2,1-15H3/b60-45+/t32-,33-,34+,35+,36-,37+,41+,42-,43-,44+,46-,47?,48-,49-,50+,51?,53+,55-,56-,57-/m1/s1. The summed E-state index contributed by atoms with van der Waals surface area (Å²) < 4.78 is 79.8. The Balaban J connectivity index is 1.17. The fourth-order valence-corrected chi connectivity index (χ4v) is 13.5. The third kappa shape index (κ3) is 13.1. The fourth-order valence-electron chi connectivity index (χ4n) is 13.5. The summed E-state index contributed by atoms with van der Waals surface area (Å²) in [4.78, 5) is 34.2. The first-order chi connectivity index (χ1) is 37.9. The maximum atomic E-state index is 15.0. The Bertz CT molecular complexity index is 2370. The number of carbonyl (C=O) groups excluding carboxylic acids is 2. The van der Waals surface area contributed by atoms with Crippen LogP contribution in [0.5, 0.6) is 0 Å². The summed E-state index contributed by atoms with van der Waals surface area (Å²) in [5, 5.41) is 47.3. The molecule has 1 aromatic heterocycles. The van der Waals surface area contributed by atoms with E-state index in [-0.39, 0.29) is 19.3 Å². The summed E-state index contributed by atoms with van der Waals surface area (Å²) in [6.07, 6.45) is -6.73. The van der Waals surface area contributed by atoms with E-state index in [4.69, 9.17) is 47.4 Å². The molecule has 1 amide bonds. The number of methoxy groups -OCH3 is 3. The molecule has 0 bridgehead atoms. The molecule has 452 valence electrons. The van der Waals surface area contributed by atoms with Gasteiger partial charge in [-0.2, -0.15) is 0 Å². The average Bonchev–Trinajstić information content (AvgIpc) is 4.09. The van der Waals surface area contributed by atoms with E-state index in [2.05, 4.69) is 20.4 Å². The van der Waals surface area contributed by atoms with Crippen molar-refractivity contribution < 1.29 is 76.8 Å². The summed E-state index contributed by atoms with van der Waals surface area (Å²) in [7, 11) is 8.13. The monoisotopic (exact) mass is 1130 g/mol. The molecule has 23 heteroatoms. The molecule has 0 spiro atoms. The van der Waals surface area contributed by atoms with Crippen LogP contribution in [-0.2, 0) is 58.6 Å². The Morgan fingerprint density at radius 1 is 0.938 bits per heavy atom. The second kappa shape index (κ2) is 26.6. The second-order valence-electron chi connectivity index (χ2n) is 23.7. The van der Waals surface area contributed by atoms with Crippen molar-refractivity contribution in [2.45, 2.75) is 198 Å². The Kier molecular flexibility index (Phi) is 21.1. The molecule has 0 radical (unpaired) electrons. The number of hydrogen-bond donors (Lipinski definition) is 3. The van der Waals surface area contributed by atoms with E-state index in [1.807, 2.05) is 77.8 Å². The normalized spacial score (nSPS) is 39.1. The molecule has 5 aliphatic rings. The molecular weight excluding hydrogens is 1040 g/mol. The van der Waals surface area contributed by atoms with Crippen LogP contribution in [0.25, 0.3) is 0 Å². The first-order valence-corrected chi connectivity index (χ1v) is 28.5. The first kappa shape index (κ1) is 63.4. The Morgan fingerprint density at radius 3 is 2.23 bits per heavy atom. The number of benzene rings is 1. The molecule has 2 unspecified atom stereocenters. The van der Waals surface area contributed by atoms with Crippen LogP contribution < -0.4 is 4.90 Å². The highest BCUT2D eigenvalue weighted by Crippen LogP contribution is 2.45. The zero-order valence-corrected chi connectivity index (χ0v) is 49.7. The van der Waals surface area contributed by atoms with Crippen molar-refractivity contribution in [2.24, 2.45) is 28.8 Å². The van der Waals surface area contributed by atoms with Crippen molar-refractivity contribution >= 4 is 23.5 Å².